The quantitative estimate of drug-likeness (QED) is 0.311. The van der Waals surface area contributed by atoms with Gasteiger partial charge in [0, 0.05) is 12.0 Å². The van der Waals surface area contributed by atoms with Gasteiger partial charge in [-0.25, -0.2) is 9.18 Å². The van der Waals surface area contributed by atoms with Crippen molar-refractivity contribution in [3.63, 3.8) is 0 Å². The molecule has 0 bridgehead atoms. The van der Waals surface area contributed by atoms with E-state index in [1.165, 1.54) is 11.0 Å². The van der Waals surface area contributed by atoms with Crippen LogP contribution in [-0.4, -0.2) is 31.3 Å². The van der Waals surface area contributed by atoms with E-state index < -0.39 is 70.9 Å². The highest BCUT2D eigenvalue weighted by Crippen LogP contribution is 2.48. The van der Waals surface area contributed by atoms with Gasteiger partial charge in [-0.3, -0.25) is 9.69 Å². The summed E-state index contributed by atoms with van der Waals surface area (Å²) in [6.45, 7) is 4.79. The Balaban J connectivity index is 2.25. The number of fused-ring (bicyclic) bond motifs is 1. The third kappa shape index (κ3) is 5.99. The average Bonchev–Trinajstić information content (AvgIpc) is 2.77. The van der Waals surface area contributed by atoms with Crippen molar-refractivity contribution in [3.8, 4) is 0 Å². The van der Waals surface area contributed by atoms with E-state index >= 15 is 0 Å². The first kappa shape index (κ1) is 28.3. The molecule has 3 rings (SSSR count). The summed E-state index contributed by atoms with van der Waals surface area (Å²) in [5, 5.41) is 0. The lowest BCUT2D eigenvalue weighted by Gasteiger charge is -2.41. The molecule has 0 fully saturated rings. The first-order valence-electron chi connectivity index (χ1n) is 11.2. The van der Waals surface area contributed by atoms with Gasteiger partial charge in [-0.05, 0) is 74.7 Å². The van der Waals surface area contributed by atoms with Crippen molar-refractivity contribution < 1.29 is 49.8 Å². The summed E-state index contributed by atoms with van der Waals surface area (Å²) in [5.74, 6) is -4.68. The SMILES string of the molecule is COC(=O)[C@@H](c1cc(C(F)(F)F)cc(C(F)(F)F)c1)[C@@H]1C[C@@H](C)N(C(=O)OC(C)C)c2ccc(F)cc21. The molecule has 0 unspecified atom stereocenters. The molecule has 12 heteroatoms. The summed E-state index contributed by atoms with van der Waals surface area (Å²) in [7, 11) is 0.943. The summed E-state index contributed by atoms with van der Waals surface area (Å²) < 4.78 is 106. The normalized spacial score (nSPS) is 18.9. The number of anilines is 1. The maximum absolute atomic E-state index is 14.3. The number of benzene rings is 2. The van der Waals surface area contributed by atoms with Gasteiger partial charge in [-0.1, -0.05) is 0 Å². The van der Waals surface area contributed by atoms with Crippen molar-refractivity contribution in [3.05, 3.63) is 64.5 Å². The molecule has 1 amide bonds. The molecule has 1 heterocycles. The lowest BCUT2D eigenvalue weighted by Crippen LogP contribution is -2.45. The Morgan fingerprint density at radius 2 is 1.54 bits per heavy atom. The van der Waals surface area contributed by atoms with E-state index in [9.17, 15) is 40.3 Å². The molecule has 202 valence electrons. The molecule has 3 atom stereocenters. The van der Waals surface area contributed by atoms with Gasteiger partial charge in [0.1, 0.15) is 5.82 Å². The van der Waals surface area contributed by atoms with Crippen LogP contribution in [0.2, 0.25) is 0 Å². The van der Waals surface area contributed by atoms with E-state index in [0.717, 1.165) is 19.2 Å². The fraction of sp³-hybridized carbons (Fsp3) is 0.440. The zero-order valence-corrected chi connectivity index (χ0v) is 20.2. The second-order valence-corrected chi connectivity index (χ2v) is 9.04. The predicted octanol–water partition coefficient (Wildman–Crippen LogP) is 7.05. The molecule has 0 aromatic heterocycles. The Labute approximate surface area is 208 Å². The number of hydrogen-bond acceptors (Lipinski definition) is 4. The molecular formula is C25H24F7NO4. The number of carbonyl (C=O) groups excluding carboxylic acids is 2. The molecule has 2 aromatic carbocycles. The van der Waals surface area contributed by atoms with Crippen LogP contribution in [0, 0.1) is 5.82 Å². The van der Waals surface area contributed by atoms with Gasteiger partial charge >= 0.3 is 24.4 Å². The van der Waals surface area contributed by atoms with Gasteiger partial charge in [-0.15, -0.1) is 0 Å². The molecule has 2 aromatic rings. The lowest BCUT2D eigenvalue weighted by atomic mass is 9.74. The number of alkyl halides is 6. The number of esters is 1. The summed E-state index contributed by atoms with van der Waals surface area (Å²) in [6, 6.07) is 3.45. The smallest absolute Gasteiger partial charge is 0.416 e. The monoisotopic (exact) mass is 535 g/mol. The van der Waals surface area contributed by atoms with Crippen molar-refractivity contribution >= 4 is 17.7 Å². The first-order valence-corrected chi connectivity index (χ1v) is 11.2. The number of amides is 1. The van der Waals surface area contributed by atoms with Gasteiger partial charge in [-0.2, -0.15) is 26.3 Å². The Bertz CT molecular complexity index is 1140. The molecule has 0 aliphatic carbocycles. The van der Waals surface area contributed by atoms with Crippen LogP contribution in [0.25, 0.3) is 0 Å². The Kier molecular flexibility index (Phi) is 7.80. The molecule has 0 saturated carbocycles. The average molecular weight is 535 g/mol. The van der Waals surface area contributed by atoms with Crippen molar-refractivity contribution in [2.24, 2.45) is 0 Å². The first-order chi connectivity index (χ1) is 17.0. The van der Waals surface area contributed by atoms with Crippen LogP contribution >= 0.6 is 0 Å². The number of rotatable bonds is 4. The minimum absolute atomic E-state index is 0.0418. The van der Waals surface area contributed by atoms with E-state index in [4.69, 9.17) is 9.47 Å². The molecule has 37 heavy (non-hydrogen) atoms. The van der Waals surface area contributed by atoms with Crippen molar-refractivity contribution in [2.45, 2.75) is 63.5 Å². The van der Waals surface area contributed by atoms with Crippen molar-refractivity contribution in [1.82, 2.24) is 0 Å². The Morgan fingerprint density at radius 1 is 0.973 bits per heavy atom. The standard InChI is InChI=1S/C25H24F7NO4/c1-12(2)37-23(35)33-13(3)7-19(18-11-17(26)5-6-20(18)33)21(22(34)36-4)14-8-15(24(27,28)29)10-16(9-14)25(30,31)32/h5-6,8-13,19,21H,7H2,1-4H3/t13-,19-,21+/m1/s1. The minimum Gasteiger partial charge on any atom is -0.469 e. The molecule has 0 saturated heterocycles. The Hall–Kier alpha value is -3.31. The number of carbonyl (C=O) groups is 2. The van der Waals surface area contributed by atoms with Crippen LogP contribution in [0.1, 0.15) is 61.3 Å². The van der Waals surface area contributed by atoms with Crippen LogP contribution in [0.15, 0.2) is 36.4 Å². The van der Waals surface area contributed by atoms with Crippen molar-refractivity contribution in [2.75, 3.05) is 12.0 Å². The van der Waals surface area contributed by atoms with E-state index in [1.54, 1.807) is 20.8 Å². The summed E-state index contributed by atoms with van der Waals surface area (Å²) in [5.41, 5.74) is -3.64. The third-order valence-corrected chi connectivity index (χ3v) is 6.04. The van der Waals surface area contributed by atoms with Gasteiger partial charge in [0.2, 0.25) is 0 Å². The molecule has 5 nitrogen and oxygen atoms in total. The fourth-order valence-electron chi connectivity index (χ4n) is 4.55. The van der Waals surface area contributed by atoms with Gasteiger partial charge < -0.3 is 9.47 Å². The summed E-state index contributed by atoms with van der Waals surface area (Å²) in [4.78, 5) is 26.9. The van der Waals surface area contributed by atoms with Crippen LogP contribution in [-0.2, 0) is 26.6 Å². The maximum Gasteiger partial charge on any atom is 0.416 e. The number of hydrogen-bond donors (Lipinski definition) is 0. The second kappa shape index (κ2) is 10.2. The van der Waals surface area contributed by atoms with Gasteiger partial charge in [0.25, 0.3) is 0 Å². The largest absolute Gasteiger partial charge is 0.469 e. The van der Waals surface area contributed by atoms with Gasteiger partial charge in [0.05, 0.1) is 35.9 Å². The molecular weight excluding hydrogens is 511 g/mol. The zero-order valence-electron chi connectivity index (χ0n) is 20.2. The highest BCUT2D eigenvalue weighted by Gasteiger charge is 2.44. The molecule has 1 aliphatic heterocycles. The number of nitrogens with zero attached hydrogens (tertiary/aromatic N) is 1. The van der Waals surface area contributed by atoms with Crippen LogP contribution in [0.5, 0.6) is 0 Å². The predicted molar refractivity (Wildman–Crippen MR) is 119 cm³/mol. The van der Waals surface area contributed by atoms with E-state index in [-0.39, 0.29) is 23.7 Å². The van der Waals surface area contributed by atoms with E-state index in [0.29, 0.717) is 12.1 Å². The highest BCUT2D eigenvalue weighted by atomic mass is 19.4. The fourth-order valence-corrected chi connectivity index (χ4v) is 4.55. The summed E-state index contributed by atoms with van der Waals surface area (Å²) >= 11 is 0. The molecule has 0 radical (unpaired) electrons. The maximum atomic E-state index is 14.3. The third-order valence-electron chi connectivity index (χ3n) is 6.04. The number of halogens is 7. The molecule has 0 spiro atoms. The van der Waals surface area contributed by atoms with Crippen molar-refractivity contribution in [1.29, 1.82) is 0 Å². The second-order valence-electron chi connectivity index (χ2n) is 9.04. The van der Waals surface area contributed by atoms with Crippen LogP contribution in [0.3, 0.4) is 0 Å². The molecule has 1 aliphatic rings. The number of methoxy groups -OCH3 is 1. The Morgan fingerprint density at radius 3 is 2.03 bits per heavy atom. The van der Waals surface area contributed by atoms with E-state index in [2.05, 4.69) is 0 Å². The van der Waals surface area contributed by atoms with Crippen LogP contribution < -0.4 is 4.90 Å². The van der Waals surface area contributed by atoms with Gasteiger partial charge in [0.15, 0.2) is 0 Å². The number of ether oxygens (including phenoxy) is 2. The topological polar surface area (TPSA) is 55.8 Å². The lowest BCUT2D eigenvalue weighted by molar-refractivity contribution is -0.145. The van der Waals surface area contributed by atoms with E-state index in [1.807, 2.05) is 0 Å². The minimum atomic E-state index is -5.14. The highest BCUT2D eigenvalue weighted by molar-refractivity contribution is 5.91. The zero-order chi connectivity index (χ0) is 27.9. The summed E-state index contributed by atoms with van der Waals surface area (Å²) in [6.07, 6.45) is -11.7. The molecule has 0 N–H and O–H groups in total. The van der Waals surface area contributed by atoms with Crippen LogP contribution in [0.4, 0.5) is 41.2 Å².